The third-order valence-electron chi connectivity index (χ3n) is 4.32. The molecule has 0 amide bonds. The molecular weight excluding hydrogens is 374 g/mol. The molecule has 0 radical (unpaired) electrons. The van der Waals surface area contributed by atoms with Gasteiger partial charge >= 0.3 is 5.97 Å². The second kappa shape index (κ2) is 8.82. The zero-order valence-corrected chi connectivity index (χ0v) is 16.3. The van der Waals surface area contributed by atoms with Crippen LogP contribution in [0.15, 0.2) is 89.8 Å². The summed E-state index contributed by atoms with van der Waals surface area (Å²) in [6.45, 7) is 0.494. The average molecular weight is 395 g/mol. The van der Waals surface area contributed by atoms with Crippen molar-refractivity contribution in [2.45, 2.75) is 18.0 Å². The molecule has 0 fully saturated rings. The predicted molar refractivity (Wildman–Crippen MR) is 107 cm³/mol. The molecule has 3 rings (SSSR count). The maximum Gasteiger partial charge on any atom is 0.337 e. The molecule has 0 atom stereocenters. The molecule has 0 aliphatic rings. The number of nitrogens with zero attached hydrogens (tertiary/aromatic N) is 1. The zero-order chi connectivity index (χ0) is 20.0. The summed E-state index contributed by atoms with van der Waals surface area (Å²) < 4.78 is 32.7. The lowest BCUT2D eigenvalue weighted by Gasteiger charge is -2.22. The molecule has 0 aliphatic heterocycles. The number of benzene rings is 3. The first kappa shape index (κ1) is 19.8. The van der Waals surface area contributed by atoms with Gasteiger partial charge in [0.2, 0.25) is 10.0 Å². The molecule has 0 bridgehead atoms. The molecule has 3 aromatic carbocycles. The minimum Gasteiger partial charge on any atom is -0.465 e. The highest BCUT2D eigenvalue weighted by molar-refractivity contribution is 7.89. The molecule has 144 valence electrons. The van der Waals surface area contributed by atoms with Gasteiger partial charge < -0.3 is 4.74 Å². The second-order valence-electron chi connectivity index (χ2n) is 6.26. The van der Waals surface area contributed by atoms with Gasteiger partial charge in [-0.1, -0.05) is 60.7 Å². The van der Waals surface area contributed by atoms with Crippen LogP contribution < -0.4 is 0 Å². The molecule has 0 aliphatic carbocycles. The minimum absolute atomic E-state index is 0.131. The second-order valence-corrected chi connectivity index (χ2v) is 8.20. The maximum absolute atomic E-state index is 13.3. The molecule has 6 heteroatoms. The van der Waals surface area contributed by atoms with Crippen LogP contribution in [0.2, 0.25) is 0 Å². The summed E-state index contributed by atoms with van der Waals surface area (Å²) >= 11 is 0. The van der Waals surface area contributed by atoms with Crippen LogP contribution in [0.25, 0.3) is 0 Å². The van der Waals surface area contributed by atoms with E-state index < -0.39 is 16.0 Å². The van der Waals surface area contributed by atoms with Gasteiger partial charge in [-0.3, -0.25) is 0 Å². The number of carbonyl (C=O) groups excluding carboxylic acids is 1. The van der Waals surface area contributed by atoms with Gasteiger partial charge in [-0.2, -0.15) is 4.31 Å². The summed E-state index contributed by atoms with van der Waals surface area (Å²) in [7, 11) is -2.48. The zero-order valence-electron chi connectivity index (χ0n) is 15.5. The topological polar surface area (TPSA) is 63.7 Å². The van der Waals surface area contributed by atoms with Crippen LogP contribution >= 0.6 is 0 Å². The van der Waals surface area contributed by atoms with Crippen molar-refractivity contribution in [2.75, 3.05) is 7.11 Å². The summed E-state index contributed by atoms with van der Waals surface area (Å²) in [5, 5.41) is 0. The van der Waals surface area contributed by atoms with Crippen molar-refractivity contribution in [1.29, 1.82) is 0 Å². The van der Waals surface area contributed by atoms with Crippen molar-refractivity contribution in [2.24, 2.45) is 0 Å². The number of esters is 1. The standard InChI is InChI=1S/C22H21NO4S/c1-27-22(24)20-12-14-21(15-13-20)28(25,26)23(16-18-8-4-2-5-9-18)17-19-10-6-3-7-11-19/h2-15H,16-17H2,1H3. The van der Waals surface area contributed by atoms with Gasteiger partial charge in [0.25, 0.3) is 0 Å². The Labute approximate surface area is 165 Å². The van der Waals surface area contributed by atoms with Gasteiger partial charge in [-0.05, 0) is 35.4 Å². The normalized spacial score (nSPS) is 11.4. The number of sulfonamides is 1. The molecule has 0 aromatic heterocycles. The van der Waals surface area contributed by atoms with Crippen molar-refractivity contribution < 1.29 is 17.9 Å². The van der Waals surface area contributed by atoms with Crippen molar-refractivity contribution >= 4 is 16.0 Å². The quantitative estimate of drug-likeness (QED) is 0.570. The third-order valence-corrected chi connectivity index (χ3v) is 6.12. The first-order valence-electron chi connectivity index (χ1n) is 8.77. The van der Waals surface area contributed by atoms with Crippen LogP contribution in [0.1, 0.15) is 21.5 Å². The summed E-state index contributed by atoms with van der Waals surface area (Å²) in [6.07, 6.45) is 0. The number of rotatable bonds is 7. The maximum atomic E-state index is 13.3. The van der Waals surface area contributed by atoms with Crippen molar-refractivity contribution in [3.8, 4) is 0 Å². The van der Waals surface area contributed by atoms with E-state index in [1.165, 1.54) is 35.7 Å². The lowest BCUT2D eigenvalue weighted by Crippen LogP contribution is -2.30. The Morgan fingerprint density at radius 1 is 0.786 bits per heavy atom. The first-order chi connectivity index (χ1) is 13.5. The van der Waals surface area contributed by atoms with Crippen LogP contribution in [0.5, 0.6) is 0 Å². The van der Waals surface area contributed by atoms with E-state index in [-0.39, 0.29) is 18.0 Å². The lowest BCUT2D eigenvalue weighted by molar-refractivity contribution is 0.0600. The van der Waals surface area contributed by atoms with Crippen LogP contribution in [-0.4, -0.2) is 25.8 Å². The number of hydrogen-bond acceptors (Lipinski definition) is 4. The Morgan fingerprint density at radius 2 is 1.25 bits per heavy atom. The van der Waals surface area contributed by atoms with Gasteiger partial charge in [0.15, 0.2) is 0 Å². The Kier molecular flexibility index (Phi) is 6.23. The molecule has 3 aromatic rings. The average Bonchev–Trinajstić information content (AvgIpc) is 2.74. The van der Waals surface area contributed by atoms with Crippen molar-refractivity contribution in [3.63, 3.8) is 0 Å². The van der Waals surface area contributed by atoms with Gasteiger partial charge in [-0.15, -0.1) is 0 Å². The molecule has 0 spiro atoms. The van der Waals surface area contributed by atoms with E-state index in [2.05, 4.69) is 4.74 Å². The Balaban J connectivity index is 1.94. The molecule has 0 saturated heterocycles. The summed E-state index contributed by atoms with van der Waals surface area (Å²) in [4.78, 5) is 11.7. The van der Waals surface area contributed by atoms with Crippen molar-refractivity contribution in [3.05, 3.63) is 102 Å². The van der Waals surface area contributed by atoms with E-state index in [1.807, 2.05) is 60.7 Å². The summed E-state index contributed by atoms with van der Waals surface area (Å²) in [6, 6.07) is 24.7. The van der Waals surface area contributed by atoms with Gasteiger partial charge in [0.05, 0.1) is 17.6 Å². The van der Waals surface area contributed by atoms with E-state index in [0.717, 1.165) is 11.1 Å². The lowest BCUT2D eigenvalue weighted by atomic mass is 10.2. The van der Waals surface area contributed by atoms with Gasteiger partial charge in [0, 0.05) is 13.1 Å². The largest absolute Gasteiger partial charge is 0.465 e. The monoisotopic (exact) mass is 395 g/mol. The number of ether oxygens (including phenoxy) is 1. The third kappa shape index (κ3) is 4.65. The van der Waals surface area contributed by atoms with Gasteiger partial charge in [0.1, 0.15) is 0 Å². The summed E-state index contributed by atoms with van der Waals surface area (Å²) in [5.41, 5.74) is 2.10. The van der Waals surface area contributed by atoms with E-state index in [1.54, 1.807) is 0 Å². The minimum atomic E-state index is -3.77. The highest BCUT2D eigenvalue weighted by Crippen LogP contribution is 2.22. The van der Waals surface area contributed by atoms with Crippen LogP contribution in [0, 0.1) is 0 Å². The fourth-order valence-electron chi connectivity index (χ4n) is 2.83. The van der Waals surface area contributed by atoms with E-state index >= 15 is 0 Å². The fourth-order valence-corrected chi connectivity index (χ4v) is 4.25. The highest BCUT2D eigenvalue weighted by Gasteiger charge is 2.25. The predicted octanol–water partition coefficient (Wildman–Crippen LogP) is 3.86. The molecule has 0 heterocycles. The van der Waals surface area contributed by atoms with Crippen LogP contribution in [0.3, 0.4) is 0 Å². The van der Waals surface area contributed by atoms with E-state index in [0.29, 0.717) is 5.56 Å². The fraction of sp³-hybridized carbons (Fsp3) is 0.136. The number of carbonyl (C=O) groups is 1. The molecule has 0 unspecified atom stereocenters. The summed E-state index contributed by atoms with van der Waals surface area (Å²) in [5.74, 6) is -0.505. The van der Waals surface area contributed by atoms with Crippen molar-refractivity contribution in [1.82, 2.24) is 4.31 Å². The Morgan fingerprint density at radius 3 is 1.68 bits per heavy atom. The van der Waals surface area contributed by atoms with E-state index in [4.69, 9.17) is 0 Å². The smallest absolute Gasteiger partial charge is 0.337 e. The Hall–Kier alpha value is -2.96. The molecule has 5 nitrogen and oxygen atoms in total. The van der Waals surface area contributed by atoms with E-state index in [9.17, 15) is 13.2 Å². The van der Waals surface area contributed by atoms with Crippen LogP contribution in [0.4, 0.5) is 0 Å². The van der Waals surface area contributed by atoms with Crippen LogP contribution in [-0.2, 0) is 27.8 Å². The SMILES string of the molecule is COC(=O)c1ccc(S(=O)(=O)N(Cc2ccccc2)Cc2ccccc2)cc1. The highest BCUT2D eigenvalue weighted by atomic mass is 32.2. The molecule has 28 heavy (non-hydrogen) atoms. The molecule has 0 N–H and O–H groups in total. The molecular formula is C22H21NO4S. The number of hydrogen-bond donors (Lipinski definition) is 0. The Bertz CT molecular complexity index is 976. The number of methoxy groups -OCH3 is 1. The molecule has 0 saturated carbocycles. The van der Waals surface area contributed by atoms with Gasteiger partial charge in [-0.25, -0.2) is 13.2 Å². The first-order valence-corrected chi connectivity index (χ1v) is 10.2.